The summed E-state index contributed by atoms with van der Waals surface area (Å²) in [7, 11) is 1.87. The summed E-state index contributed by atoms with van der Waals surface area (Å²) in [4.78, 5) is 0. The molecule has 1 fully saturated rings. The highest BCUT2D eigenvalue weighted by Gasteiger charge is 2.40. The number of ether oxygens (including phenoxy) is 1. The molecule has 0 bridgehead atoms. The summed E-state index contributed by atoms with van der Waals surface area (Å²) >= 11 is 0. The fraction of sp³-hybridized carbons (Fsp3) is 0.867. The van der Waals surface area contributed by atoms with Gasteiger partial charge in [0.1, 0.15) is 0 Å². The molecule has 0 aromatic carbocycles. The first kappa shape index (κ1) is 14.7. The maximum Gasteiger partial charge on any atom is 0.0834 e. The minimum atomic E-state index is 0.0292. The van der Waals surface area contributed by atoms with Gasteiger partial charge in [-0.1, -0.05) is 19.4 Å². The van der Waals surface area contributed by atoms with Gasteiger partial charge in [0.15, 0.2) is 0 Å². The number of likely N-dealkylation sites (N-methyl/N-ethyl adjacent to an activating group) is 1. The lowest BCUT2D eigenvalue weighted by Gasteiger charge is -2.44. The zero-order valence-corrected chi connectivity index (χ0v) is 12.0. The van der Waals surface area contributed by atoms with Gasteiger partial charge in [-0.2, -0.15) is 0 Å². The number of nitrogens with one attached hydrogen (secondary N) is 1. The summed E-state index contributed by atoms with van der Waals surface area (Å²) in [6, 6.07) is 0.419. The third-order valence-corrected chi connectivity index (χ3v) is 4.17. The Kier molecular flexibility index (Phi) is 5.68. The molecule has 1 aliphatic carbocycles. The standard InChI is InChI=1S/C15H29NO/c1-6-16-14(11-12(2)3)15(17-5)9-7-13(4)8-10-15/h13-14,16H,2,6-11H2,1,3-5H3. The lowest BCUT2D eigenvalue weighted by Crippen LogP contribution is -2.53. The number of hydrogen-bond acceptors (Lipinski definition) is 2. The Morgan fingerprint density at radius 2 is 2.06 bits per heavy atom. The molecule has 1 aliphatic rings. The first-order chi connectivity index (χ1) is 8.04. The highest BCUT2D eigenvalue weighted by molar-refractivity contribution is 5.03. The second kappa shape index (κ2) is 6.55. The SMILES string of the molecule is C=C(C)CC(NCC)C1(OC)CCC(C)CC1. The molecule has 1 atom stereocenters. The molecule has 1 rings (SSSR count). The Bertz CT molecular complexity index is 241. The minimum absolute atomic E-state index is 0.0292. The highest BCUT2D eigenvalue weighted by atomic mass is 16.5. The maximum atomic E-state index is 5.94. The summed E-state index contributed by atoms with van der Waals surface area (Å²) in [5, 5.41) is 3.60. The Labute approximate surface area is 107 Å². The minimum Gasteiger partial charge on any atom is -0.377 e. The molecule has 0 aromatic rings. The Morgan fingerprint density at radius 3 is 2.47 bits per heavy atom. The van der Waals surface area contributed by atoms with Gasteiger partial charge in [0.05, 0.1) is 5.60 Å². The molecular weight excluding hydrogens is 210 g/mol. The van der Waals surface area contributed by atoms with E-state index in [0.717, 1.165) is 18.9 Å². The average Bonchev–Trinajstić information content (AvgIpc) is 2.30. The number of rotatable bonds is 6. The van der Waals surface area contributed by atoms with Crippen LogP contribution in [0.2, 0.25) is 0 Å². The molecule has 2 nitrogen and oxygen atoms in total. The highest BCUT2D eigenvalue weighted by Crippen LogP contribution is 2.38. The Hall–Kier alpha value is -0.340. The quantitative estimate of drug-likeness (QED) is 0.716. The van der Waals surface area contributed by atoms with Crippen molar-refractivity contribution in [2.75, 3.05) is 13.7 Å². The third kappa shape index (κ3) is 3.82. The predicted octanol–water partition coefficient (Wildman–Crippen LogP) is 3.53. The van der Waals surface area contributed by atoms with Crippen molar-refractivity contribution < 1.29 is 4.74 Å². The normalized spacial score (nSPS) is 31.2. The zero-order valence-electron chi connectivity index (χ0n) is 12.0. The van der Waals surface area contributed by atoms with Crippen LogP contribution in [0.15, 0.2) is 12.2 Å². The van der Waals surface area contributed by atoms with E-state index in [4.69, 9.17) is 4.74 Å². The van der Waals surface area contributed by atoms with E-state index in [2.05, 4.69) is 32.7 Å². The van der Waals surface area contributed by atoms with Gasteiger partial charge in [-0.15, -0.1) is 6.58 Å². The molecule has 0 aromatic heterocycles. The van der Waals surface area contributed by atoms with E-state index < -0.39 is 0 Å². The van der Waals surface area contributed by atoms with E-state index in [1.165, 1.54) is 31.3 Å². The van der Waals surface area contributed by atoms with E-state index in [9.17, 15) is 0 Å². The van der Waals surface area contributed by atoms with Crippen molar-refractivity contribution in [2.45, 2.75) is 64.5 Å². The van der Waals surface area contributed by atoms with Crippen LogP contribution < -0.4 is 5.32 Å². The van der Waals surface area contributed by atoms with Gasteiger partial charge in [0.2, 0.25) is 0 Å². The van der Waals surface area contributed by atoms with E-state index in [-0.39, 0.29) is 5.60 Å². The molecule has 1 unspecified atom stereocenters. The second-order valence-electron chi connectivity index (χ2n) is 5.72. The van der Waals surface area contributed by atoms with Crippen molar-refractivity contribution >= 4 is 0 Å². The monoisotopic (exact) mass is 239 g/mol. The molecular formula is C15H29NO. The van der Waals surface area contributed by atoms with Crippen LogP contribution in [0.4, 0.5) is 0 Å². The van der Waals surface area contributed by atoms with Crippen LogP contribution in [0.3, 0.4) is 0 Å². The maximum absolute atomic E-state index is 5.94. The number of hydrogen-bond donors (Lipinski definition) is 1. The van der Waals surface area contributed by atoms with Crippen LogP contribution in [-0.4, -0.2) is 25.3 Å². The molecule has 0 amide bonds. The Balaban J connectivity index is 2.75. The van der Waals surface area contributed by atoms with Crippen LogP contribution in [0, 0.1) is 5.92 Å². The van der Waals surface area contributed by atoms with Gasteiger partial charge < -0.3 is 10.1 Å². The van der Waals surface area contributed by atoms with E-state index in [1.54, 1.807) is 0 Å². The van der Waals surface area contributed by atoms with Crippen molar-refractivity contribution in [3.8, 4) is 0 Å². The van der Waals surface area contributed by atoms with Gasteiger partial charge in [-0.3, -0.25) is 0 Å². The van der Waals surface area contributed by atoms with E-state index in [1.807, 2.05) is 7.11 Å². The van der Waals surface area contributed by atoms with Gasteiger partial charge in [-0.05, 0) is 51.5 Å². The Morgan fingerprint density at radius 1 is 1.47 bits per heavy atom. The lowest BCUT2D eigenvalue weighted by atomic mass is 9.74. The fourth-order valence-corrected chi connectivity index (χ4v) is 2.98. The van der Waals surface area contributed by atoms with Gasteiger partial charge in [-0.25, -0.2) is 0 Å². The summed E-state index contributed by atoms with van der Waals surface area (Å²) in [6.45, 7) is 11.7. The zero-order chi connectivity index (χ0) is 12.9. The molecule has 0 spiro atoms. The number of methoxy groups -OCH3 is 1. The largest absolute Gasteiger partial charge is 0.377 e. The first-order valence-corrected chi connectivity index (χ1v) is 6.97. The van der Waals surface area contributed by atoms with Gasteiger partial charge in [0, 0.05) is 13.2 Å². The molecule has 0 saturated heterocycles. The second-order valence-corrected chi connectivity index (χ2v) is 5.72. The van der Waals surface area contributed by atoms with Crippen molar-refractivity contribution in [1.29, 1.82) is 0 Å². The first-order valence-electron chi connectivity index (χ1n) is 6.97. The lowest BCUT2D eigenvalue weighted by molar-refractivity contribution is -0.0742. The fourth-order valence-electron chi connectivity index (χ4n) is 2.98. The van der Waals surface area contributed by atoms with Gasteiger partial charge >= 0.3 is 0 Å². The van der Waals surface area contributed by atoms with E-state index in [0.29, 0.717) is 6.04 Å². The van der Waals surface area contributed by atoms with Crippen molar-refractivity contribution in [1.82, 2.24) is 5.32 Å². The van der Waals surface area contributed by atoms with Crippen molar-refractivity contribution in [3.63, 3.8) is 0 Å². The summed E-state index contributed by atoms with van der Waals surface area (Å²) in [5.41, 5.74) is 1.27. The van der Waals surface area contributed by atoms with Crippen LogP contribution in [0.5, 0.6) is 0 Å². The molecule has 100 valence electrons. The molecule has 0 radical (unpaired) electrons. The summed E-state index contributed by atoms with van der Waals surface area (Å²) in [6.07, 6.45) is 5.94. The van der Waals surface area contributed by atoms with Crippen LogP contribution in [-0.2, 0) is 4.74 Å². The molecule has 0 aliphatic heterocycles. The summed E-state index contributed by atoms with van der Waals surface area (Å²) in [5.74, 6) is 0.852. The molecule has 1 saturated carbocycles. The van der Waals surface area contributed by atoms with Crippen LogP contribution in [0.25, 0.3) is 0 Å². The predicted molar refractivity (Wildman–Crippen MR) is 74.3 cm³/mol. The average molecular weight is 239 g/mol. The topological polar surface area (TPSA) is 21.3 Å². The van der Waals surface area contributed by atoms with E-state index >= 15 is 0 Å². The molecule has 2 heteroatoms. The molecule has 17 heavy (non-hydrogen) atoms. The van der Waals surface area contributed by atoms with Crippen LogP contribution in [0.1, 0.15) is 52.9 Å². The molecule has 1 N–H and O–H groups in total. The van der Waals surface area contributed by atoms with Crippen molar-refractivity contribution in [3.05, 3.63) is 12.2 Å². The van der Waals surface area contributed by atoms with Crippen LogP contribution >= 0.6 is 0 Å². The third-order valence-electron chi connectivity index (χ3n) is 4.17. The summed E-state index contributed by atoms with van der Waals surface area (Å²) < 4.78 is 5.94. The molecule has 0 heterocycles. The van der Waals surface area contributed by atoms with Gasteiger partial charge in [0.25, 0.3) is 0 Å². The van der Waals surface area contributed by atoms with Crippen molar-refractivity contribution in [2.24, 2.45) is 5.92 Å². The smallest absolute Gasteiger partial charge is 0.0834 e.